The molecule has 1 aromatic carbocycles. The standard InChI is InChI=1S/C19H25F2N3OS.ClH/c1-24-15(11-18(25)23-17-9-8-13(20)10-16(17)21)12-26-19(24)22-14-6-4-2-3-5-7-14;/h8-10,14-15H,2-7,11-12H2,1H3,(H,23,25);1H. The normalized spacial score (nSPS) is 22.4. The molecule has 1 N–H and O–H groups in total. The molecule has 1 saturated carbocycles. The molecule has 4 nitrogen and oxygen atoms in total. The molecule has 1 atom stereocenters. The number of nitrogens with one attached hydrogen (secondary N) is 1. The molecule has 1 aromatic rings. The van der Waals surface area contributed by atoms with Crippen LogP contribution in [0.15, 0.2) is 23.2 Å². The molecule has 1 unspecified atom stereocenters. The Morgan fingerprint density at radius 2 is 1.96 bits per heavy atom. The Bertz CT molecular complexity index is 681. The quantitative estimate of drug-likeness (QED) is 0.713. The highest BCUT2D eigenvalue weighted by atomic mass is 35.5. The summed E-state index contributed by atoms with van der Waals surface area (Å²) in [6, 6.07) is 3.57. The van der Waals surface area contributed by atoms with Gasteiger partial charge in [0.2, 0.25) is 5.91 Å². The van der Waals surface area contributed by atoms with Crippen LogP contribution < -0.4 is 5.32 Å². The first-order chi connectivity index (χ1) is 12.5. The van der Waals surface area contributed by atoms with Gasteiger partial charge in [0.1, 0.15) is 11.6 Å². The lowest BCUT2D eigenvalue weighted by atomic mass is 10.1. The van der Waals surface area contributed by atoms with E-state index in [-0.39, 0.29) is 36.5 Å². The predicted octanol–water partition coefficient (Wildman–Crippen LogP) is 4.84. The smallest absolute Gasteiger partial charge is 0.226 e. The Labute approximate surface area is 169 Å². The van der Waals surface area contributed by atoms with E-state index in [1.807, 2.05) is 7.05 Å². The predicted molar refractivity (Wildman–Crippen MR) is 110 cm³/mol. The second kappa shape index (κ2) is 10.3. The van der Waals surface area contributed by atoms with Crippen LogP contribution in [-0.4, -0.2) is 40.9 Å². The van der Waals surface area contributed by atoms with Crippen LogP contribution in [0.5, 0.6) is 0 Å². The van der Waals surface area contributed by atoms with Crippen molar-refractivity contribution in [2.24, 2.45) is 4.99 Å². The fraction of sp³-hybridized carbons (Fsp3) is 0.579. The van der Waals surface area contributed by atoms with Crippen LogP contribution in [0, 0.1) is 11.6 Å². The number of aliphatic imine (C=N–C) groups is 1. The van der Waals surface area contributed by atoms with E-state index >= 15 is 0 Å². The molecule has 0 aromatic heterocycles. The van der Waals surface area contributed by atoms with Gasteiger partial charge in [0, 0.05) is 31.3 Å². The number of rotatable bonds is 4. The van der Waals surface area contributed by atoms with Gasteiger partial charge in [0.05, 0.1) is 11.7 Å². The minimum Gasteiger partial charge on any atom is -0.350 e. The molecule has 1 saturated heterocycles. The van der Waals surface area contributed by atoms with E-state index in [4.69, 9.17) is 4.99 Å². The second-order valence-electron chi connectivity index (χ2n) is 7.01. The maximum Gasteiger partial charge on any atom is 0.226 e. The molecular weight excluding hydrogens is 392 g/mol. The highest BCUT2D eigenvalue weighted by Crippen LogP contribution is 2.28. The van der Waals surface area contributed by atoms with Crippen molar-refractivity contribution in [3.63, 3.8) is 0 Å². The van der Waals surface area contributed by atoms with Crippen LogP contribution in [0.3, 0.4) is 0 Å². The van der Waals surface area contributed by atoms with Crippen molar-refractivity contribution in [1.82, 2.24) is 4.90 Å². The molecule has 2 aliphatic rings. The molecule has 0 bridgehead atoms. The average molecular weight is 418 g/mol. The summed E-state index contributed by atoms with van der Waals surface area (Å²) in [6.45, 7) is 0. The summed E-state index contributed by atoms with van der Waals surface area (Å²) in [7, 11) is 1.96. The number of halogens is 3. The number of carbonyl (C=O) groups is 1. The lowest BCUT2D eigenvalue weighted by molar-refractivity contribution is -0.116. The Balaban J connectivity index is 0.00000261. The number of benzene rings is 1. The van der Waals surface area contributed by atoms with Gasteiger partial charge in [0.15, 0.2) is 5.17 Å². The van der Waals surface area contributed by atoms with E-state index in [9.17, 15) is 13.6 Å². The first-order valence-corrected chi connectivity index (χ1v) is 10.2. The Kier molecular flexibility index (Phi) is 8.35. The zero-order chi connectivity index (χ0) is 18.5. The monoisotopic (exact) mass is 417 g/mol. The number of anilines is 1. The minimum atomic E-state index is -0.761. The maximum atomic E-state index is 13.7. The van der Waals surface area contributed by atoms with Crippen molar-refractivity contribution in [2.45, 2.75) is 57.0 Å². The summed E-state index contributed by atoms with van der Waals surface area (Å²) < 4.78 is 26.6. The van der Waals surface area contributed by atoms with Gasteiger partial charge >= 0.3 is 0 Å². The van der Waals surface area contributed by atoms with Crippen molar-refractivity contribution in [2.75, 3.05) is 18.1 Å². The van der Waals surface area contributed by atoms with Crippen molar-refractivity contribution < 1.29 is 13.6 Å². The summed E-state index contributed by atoms with van der Waals surface area (Å²) >= 11 is 1.68. The average Bonchev–Trinajstić information content (AvgIpc) is 2.80. The first kappa shape index (κ1) is 22.0. The van der Waals surface area contributed by atoms with Crippen molar-refractivity contribution in [3.8, 4) is 0 Å². The van der Waals surface area contributed by atoms with Crippen LogP contribution in [0.1, 0.15) is 44.9 Å². The lowest BCUT2D eigenvalue weighted by Crippen LogP contribution is -2.34. The minimum absolute atomic E-state index is 0. The maximum absolute atomic E-state index is 13.7. The van der Waals surface area contributed by atoms with Gasteiger partial charge in [-0.05, 0) is 25.0 Å². The van der Waals surface area contributed by atoms with Gasteiger partial charge in [0.25, 0.3) is 0 Å². The van der Waals surface area contributed by atoms with Crippen molar-refractivity contribution in [1.29, 1.82) is 0 Å². The van der Waals surface area contributed by atoms with Crippen LogP contribution in [-0.2, 0) is 4.79 Å². The largest absolute Gasteiger partial charge is 0.350 e. The number of thioether (sulfide) groups is 1. The molecule has 150 valence electrons. The van der Waals surface area contributed by atoms with E-state index in [1.165, 1.54) is 31.7 Å². The Morgan fingerprint density at radius 1 is 1.26 bits per heavy atom. The molecule has 3 rings (SSSR count). The van der Waals surface area contributed by atoms with Gasteiger partial charge in [-0.25, -0.2) is 8.78 Å². The zero-order valence-corrected chi connectivity index (χ0v) is 17.1. The third-order valence-electron chi connectivity index (χ3n) is 5.00. The number of carbonyl (C=O) groups excluding carboxylic acids is 1. The second-order valence-corrected chi connectivity index (χ2v) is 8.00. The zero-order valence-electron chi connectivity index (χ0n) is 15.4. The highest BCUT2D eigenvalue weighted by molar-refractivity contribution is 8.14. The third kappa shape index (κ3) is 6.07. The van der Waals surface area contributed by atoms with E-state index in [2.05, 4.69) is 10.2 Å². The molecule has 27 heavy (non-hydrogen) atoms. The molecule has 1 aliphatic heterocycles. The molecule has 1 amide bonds. The number of hydrogen-bond donors (Lipinski definition) is 1. The summed E-state index contributed by atoms with van der Waals surface area (Å²) in [5, 5.41) is 3.54. The fourth-order valence-electron chi connectivity index (χ4n) is 3.41. The van der Waals surface area contributed by atoms with Gasteiger partial charge in [-0.2, -0.15) is 0 Å². The number of hydrogen-bond acceptors (Lipinski definition) is 3. The number of nitrogens with zero attached hydrogens (tertiary/aromatic N) is 2. The lowest BCUT2D eigenvalue weighted by Gasteiger charge is -2.21. The van der Waals surface area contributed by atoms with Crippen LogP contribution in [0.25, 0.3) is 0 Å². The van der Waals surface area contributed by atoms with Gasteiger partial charge in [-0.15, -0.1) is 12.4 Å². The van der Waals surface area contributed by atoms with E-state index in [0.717, 1.165) is 35.9 Å². The third-order valence-corrected chi connectivity index (χ3v) is 6.20. The van der Waals surface area contributed by atoms with Crippen molar-refractivity contribution in [3.05, 3.63) is 29.8 Å². The van der Waals surface area contributed by atoms with Crippen molar-refractivity contribution >= 4 is 40.9 Å². The number of amides is 1. The highest BCUT2D eigenvalue weighted by Gasteiger charge is 2.30. The molecule has 0 spiro atoms. The first-order valence-electron chi connectivity index (χ1n) is 9.21. The molecule has 2 fully saturated rings. The van der Waals surface area contributed by atoms with Gasteiger partial charge in [-0.1, -0.05) is 37.4 Å². The van der Waals surface area contributed by atoms with Crippen LogP contribution in [0.4, 0.5) is 14.5 Å². The molecular formula is C19H26ClF2N3OS. The van der Waals surface area contributed by atoms with E-state index in [1.54, 1.807) is 11.8 Å². The Hall–Kier alpha value is -1.34. The molecule has 1 aliphatic carbocycles. The molecule has 1 heterocycles. The van der Waals surface area contributed by atoms with E-state index < -0.39 is 11.6 Å². The van der Waals surface area contributed by atoms with Crippen LogP contribution >= 0.6 is 24.2 Å². The van der Waals surface area contributed by atoms with E-state index in [0.29, 0.717) is 6.04 Å². The Morgan fingerprint density at radius 3 is 2.63 bits per heavy atom. The summed E-state index contributed by atoms with van der Waals surface area (Å²) in [5.74, 6) is -0.903. The number of amidine groups is 1. The van der Waals surface area contributed by atoms with Gasteiger partial charge < -0.3 is 10.2 Å². The SMILES string of the molecule is CN1C(=NC2CCCCCC2)SCC1CC(=O)Nc1ccc(F)cc1F.Cl. The van der Waals surface area contributed by atoms with Crippen LogP contribution in [0.2, 0.25) is 0 Å². The summed E-state index contributed by atoms with van der Waals surface area (Å²) in [6.07, 6.45) is 7.62. The van der Waals surface area contributed by atoms with Gasteiger partial charge in [-0.3, -0.25) is 9.79 Å². The topological polar surface area (TPSA) is 44.7 Å². The fourth-order valence-corrected chi connectivity index (χ4v) is 4.67. The summed E-state index contributed by atoms with van der Waals surface area (Å²) in [4.78, 5) is 19.2. The molecule has 0 radical (unpaired) electrons. The summed E-state index contributed by atoms with van der Waals surface area (Å²) in [5.41, 5.74) is 0.0112. The molecule has 8 heteroatoms.